The summed E-state index contributed by atoms with van der Waals surface area (Å²) in [5, 5.41) is 1.01. The normalized spacial score (nSPS) is 18.1. The van der Waals surface area contributed by atoms with E-state index in [1.165, 1.54) is 33.4 Å². The van der Waals surface area contributed by atoms with Gasteiger partial charge in [0.25, 0.3) is 0 Å². The van der Waals surface area contributed by atoms with Crippen molar-refractivity contribution in [2.24, 2.45) is 0 Å². The molecule has 0 saturated carbocycles. The second-order valence-electron chi connectivity index (χ2n) is 10.6. The minimum atomic E-state index is -3.46. The van der Waals surface area contributed by atoms with Crippen molar-refractivity contribution in [3.63, 3.8) is 0 Å². The average Bonchev–Trinajstić information content (AvgIpc) is 3.27. The molecule has 2 aliphatic heterocycles. The summed E-state index contributed by atoms with van der Waals surface area (Å²) in [5.74, 6) is 1.18. The van der Waals surface area contributed by atoms with Gasteiger partial charge in [0.1, 0.15) is 0 Å². The third-order valence-electron chi connectivity index (χ3n) is 8.13. The van der Waals surface area contributed by atoms with Crippen molar-refractivity contribution in [2.45, 2.75) is 41.2 Å². The highest BCUT2D eigenvalue weighted by atomic mass is 35.5. The quantitative estimate of drug-likeness (QED) is 0.268. The number of rotatable bonds is 9. The molecule has 0 aromatic heterocycles. The van der Waals surface area contributed by atoms with Gasteiger partial charge in [0, 0.05) is 29.7 Å². The van der Waals surface area contributed by atoms with Gasteiger partial charge in [-0.05, 0) is 79.7 Å². The molecule has 3 aromatic rings. The number of likely N-dealkylation sites (tertiary alicyclic amines) is 1. The monoisotopic (exact) mass is 588 g/mol. The van der Waals surface area contributed by atoms with E-state index in [2.05, 4.69) is 29.2 Å². The van der Waals surface area contributed by atoms with Crippen LogP contribution in [0.15, 0.2) is 77.7 Å². The number of benzene rings is 3. The minimum Gasteiger partial charge on any atom is -0.303 e. The Bertz CT molecular complexity index is 1360. The van der Waals surface area contributed by atoms with Crippen molar-refractivity contribution in [2.75, 3.05) is 39.0 Å². The molecule has 1 saturated heterocycles. The van der Waals surface area contributed by atoms with Crippen LogP contribution in [0.5, 0.6) is 0 Å². The van der Waals surface area contributed by atoms with Gasteiger partial charge in [-0.2, -0.15) is 0 Å². The fourth-order valence-electron chi connectivity index (χ4n) is 5.73. The highest BCUT2D eigenvalue weighted by Gasteiger charge is 2.41. The molecular formula is C30H34Cl2N2O2S2. The Kier molecular flexibility index (Phi) is 8.78. The van der Waals surface area contributed by atoms with Crippen LogP contribution < -0.4 is 0 Å². The Morgan fingerprint density at radius 2 is 1.68 bits per heavy atom. The average molecular weight is 590 g/mol. The highest BCUT2D eigenvalue weighted by molar-refractivity contribution is 7.99. The predicted octanol–water partition coefficient (Wildman–Crippen LogP) is 7.07. The summed E-state index contributed by atoms with van der Waals surface area (Å²) in [4.78, 5) is 3.99. The maximum Gasteiger partial charge on any atom is 0.218 e. The van der Waals surface area contributed by atoms with Crippen LogP contribution in [0, 0.1) is 0 Å². The van der Waals surface area contributed by atoms with E-state index in [9.17, 15) is 8.42 Å². The van der Waals surface area contributed by atoms with E-state index in [1.807, 2.05) is 60.3 Å². The second-order valence-corrected chi connectivity index (χ2v) is 14.5. The lowest BCUT2D eigenvalue weighted by molar-refractivity contribution is 0.166. The van der Waals surface area contributed by atoms with Crippen LogP contribution in [-0.4, -0.2) is 56.6 Å². The molecule has 0 radical (unpaired) electrons. The summed E-state index contributed by atoms with van der Waals surface area (Å²) in [5.41, 5.74) is 3.64. The van der Waals surface area contributed by atoms with Gasteiger partial charge in [0.15, 0.2) is 0 Å². The number of hydrogen-bond donors (Lipinski definition) is 0. The van der Waals surface area contributed by atoms with E-state index in [0.29, 0.717) is 22.0 Å². The molecule has 0 aliphatic carbocycles. The summed E-state index contributed by atoms with van der Waals surface area (Å²) in [6.45, 7) is 3.44. The first kappa shape index (κ1) is 28.0. The minimum absolute atomic E-state index is 0.00781. The molecule has 8 heteroatoms. The Balaban J connectivity index is 1.26. The SMILES string of the molecule is CN(C[C@@H](CCN1CCC2(CC1)CSc1ccccc12)c1ccc(Cl)c(Cl)c1)S(=O)(=O)Cc1ccccc1. The number of fused-ring (bicyclic) bond motifs is 2. The zero-order valence-corrected chi connectivity index (χ0v) is 24.8. The summed E-state index contributed by atoms with van der Waals surface area (Å²) in [6, 6.07) is 23.9. The van der Waals surface area contributed by atoms with Crippen LogP contribution in [0.2, 0.25) is 10.0 Å². The summed E-state index contributed by atoms with van der Waals surface area (Å²) in [7, 11) is -1.78. The zero-order valence-electron chi connectivity index (χ0n) is 21.7. The summed E-state index contributed by atoms with van der Waals surface area (Å²) >= 11 is 14.6. The molecule has 202 valence electrons. The number of thioether (sulfide) groups is 1. The Morgan fingerprint density at radius 3 is 2.42 bits per heavy atom. The molecule has 2 heterocycles. The molecule has 0 unspecified atom stereocenters. The molecule has 0 N–H and O–H groups in total. The molecule has 5 rings (SSSR count). The van der Waals surface area contributed by atoms with E-state index >= 15 is 0 Å². The van der Waals surface area contributed by atoms with Gasteiger partial charge < -0.3 is 4.90 Å². The van der Waals surface area contributed by atoms with Gasteiger partial charge in [-0.15, -0.1) is 11.8 Å². The van der Waals surface area contributed by atoms with E-state index in [0.717, 1.165) is 37.2 Å². The van der Waals surface area contributed by atoms with Gasteiger partial charge in [-0.1, -0.05) is 77.8 Å². The lowest BCUT2D eigenvalue weighted by atomic mass is 9.74. The number of likely N-dealkylation sites (N-methyl/N-ethyl adjacent to an activating group) is 1. The number of nitrogens with zero attached hydrogens (tertiary/aromatic N) is 2. The Morgan fingerprint density at radius 1 is 0.974 bits per heavy atom. The molecular weight excluding hydrogens is 555 g/mol. The first-order valence-corrected chi connectivity index (χ1v) is 16.5. The van der Waals surface area contributed by atoms with Crippen molar-refractivity contribution in [1.29, 1.82) is 0 Å². The summed E-state index contributed by atoms with van der Waals surface area (Å²) in [6.07, 6.45) is 3.18. The maximum absolute atomic E-state index is 13.2. The van der Waals surface area contributed by atoms with Crippen molar-refractivity contribution in [3.05, 3.63) is 99.5 Å². The van der Waals surface area contributed by atoms with Crippen molar-refractivity contribution < 1.29 is 8.42 Å². The highest BCUT2D eigenvalue weighted by Crippen LogP contribution is 2.49. The van der Waals surface area contributed by atoms with Crippen LogP contribution in [-0.2, 0) is 21.2 Å². The second kappa shape index (κ2) is 11.9. The van der Waals surface area contributed by atoms with Crippen molar-refractivity contribution in [1.82, 2.24) is 9.21 Å². The predicted molar refractivity (Wildman–Crippen MR) is 160 cm³/mol. The molecule has 2 aliphatic rings. The molecule has 3 aromatic carbocycles. The van der Waals surface area contributed by atoms with Crippen molar-refractivity contribution >= 4 is 45.0 Å². The van der Waals surface area contributed by atoms with Gasteiger partial charge in [0.2, 0.25) is 10.0 Å². The smallest absolute Gasteiger partial charge is 0.218 e. The van der Waals surface area contributed by atoms with E-state index in [1.54, 1.807) is 7.05 Å². The largest absolute Gasteiger partial charge is 0.303 e. The Hall–Kier alpha value is -1.54. The van der Waals surface area contributed by atoms with Gasteiger partial charge in [-0.3, -0.25) is 0 Å². The molecule has 1 spiro atoms. The summed E-state index contributed by atoms with van der Waals surface area (Å²) < 4.78 is 27.9. The third kappa shape index (κ3) is 6.27. The topological polar surface area (TPSA) is 40.6 Å². The number of piperidine rings is 1. The van der Waals surface area contributed by atoms with Crippen LogP contribution in [0.3, 0.4) is 0 Å². The standard InChI is InChI=1S/C30H34Cl2N2O2S2/c1-33(38(35,36)21-23-7-3-2-4-8-23)20-25(24-11-12-27(31)28(32)19-24)13-16-34-17-14-30(15-18-34)22-37-29-10-6-5-9-26(29)30/h2-12,19,25H,13-18,20-22H2,1H3/t25-/m1/s1. The van der Waals surface area contributed by atoms with Crippen LogP contribution in [0.4, 0.5) is 0 Å². The first-order valence-electron chi connectivity index (χ1n) is 13.1. The molecule has 0 bridgehead atoms. The number of halogens is 2. The lowest BCUT2D eigenvalue weighted by Gasteiger charge is -2.40. The third-order valence-corrected chi connectivity index (χ3v) is 12.0. The number of hydrogen-bond acceptors (Lipinski definition) is 4. The van der Waals surface area contributed by atoms with Crippen LogP contribution in [0.25, 0.3) is 0 Å². The fraction of sp³-hybridized carbons (Fsp3) is 0.400. The molecule has 4 nitrogen and oxygen atoms in total. The van der Waals surface area contributed by atoms with Gasteiger partial charge in [0.05, 0.1) is 15.8 Å². The van der Waals surface area contributed by atoms with E-state index in [-0.39, 0.29) is 11.7 Å². The molecule has 0 amide bonds. The fourth-order valence-corrected chi connectivity index (χ4v) is 8.77. The zero-order chi connectivity index (χ0) is 26.8. The van der Waals surface area contributed by atoms with Crippen molar-refractivity contribution in [3.8, 4) is 0 Å². The lowest BCUT2D eigenvalue weighted by Crippen LogP contribution is -2.43. The van der Waals surface area contributed by atoms with Crippen LogP contribution in [0.1, 0.15) is 41.9 Å². The molecule has 38 heavy (non-hydrogen) atoms. The van der Waals surface area contributed by atoms with Gasteiger partial charge in [-0.25, -0.2) is 12.7 Å². The van der Waals surface area contributed by atoms with E-state index in [4.69, 9.17) is 23.2 Å². The first-order chi connectivity index (χ1) is 18.3. The molecule has 1 atom stereocenters. The van der Waals surface area contributed by atoms with Gasteiger partial charge >= 0.3 is 0 Å². The molecule has 1 fully saturated rings. The van der Waals surface area contributed by atoms with E-state index < -0.39 is 10.0 Å². The Labute approximate surface area is 241 Å². The van der Waals surface area contributed by atoms with Crippen LogP contribution >= 0.6 is 35.0 Å². The number of sulfonamides is 1. The maximum atomic E-state index is 13.2.